The van der Waals surface area contributed by atoms with Gasteiger partial charge in [0.05, 0.1) is 11.3 Å². The average Bonchev–Trinajstić information content (AvgIpc) is 3.30. The van der Waals surface area contributed by atoms with Gasteiger partial charge in [0.25, 0.3) is 0 Å². The minimum atomic E-state index is -4.35. The van der Waals surface area contributed by atoms with Gasteiger partial charge in [-0.3, -0.25) is 4.79 Å². The Balaban J connectivity index is 1.55. The first-order chi connectivity index (χ1) is 13.4. The largest absolute Gasteiger partial charge is 0.416 e. The second kappa shape index (κ2) is 7.39. The molecule has 2 heterocycles. The van der Waals surface area contributed by atoms with Crippen LogP contribution in [-0.2, 0) is 17.5 Å². The van der Waals surface area contributed by atoms with Crippen LogP contribution in [0.25, 0.3) is 5.69 Å². The summed E-state index contributed by atoms with van der Waals surface area (Å²) in [7, 11) is 0. The van der Waals surface area contributed by atoms with Crippen molar-refractivity contribution in [1.82, 2.24) is 9.47 Å². The predicted molar refractivity (Wildman–Crippen MR) is 103 cm³/mol. The van der Waals surface area contributed by atoms with Gasteiger partial charge < -0.3 is 9.47 Å². The third-order valence-corrected chi connectivity index (χ3v) is 5.91. The Bertz CT molecular complexity index is 967. The summed E-state index contributed by atoms with van der Waals surface area (Å²) < 4.78 is 40.0. The first kappa shape index (κ1) is 18.7. The van der Waals surface area contributed by atoms with E-state index in [2.05, 4.69) is 0 Å². The minimum Gasteiger partial charge on any atom is -0.323 e. The van der Waals surface area contributed by atoms with Crippen molar-refractivity contribution in [1.29, 1.82) is 0 Å². The number of thioether (sulfide) groups is 1. The monoisotopic (exact) mass is 402 g/mol. The van der Waals surface area contributed by atoms with Gasteiger partial charge in [0.1, 0.15) is 5.37 Å². The predicted octanol–water partition coefficient (Wildman–Crippen LogP) is 5.27. The van der Waals surface area contributed by atoms with Gasteiger partial charge in [-0.15, -0.1) is 11.8 Å². The van der Waals surface area contributed by atoms with E-state index in [1.807, 2.05) is 53.7 Å². The summed E-state index contributed by atoms with van der Waals surface area (Å²) in [6.45, 7) is 0.531. The Morgan fingerprint density at radius 3 is 2.39 bits per heavy atom. The number of halogens is 3. The number of amides is 1. The highest BCUT2D eigenvalue weighted by Crippen LogP contribution is 2.40. The number of hydrogen-bond donors (Lipinski definition) is 0. The lowest BCUT2D eigenvalue weighted by atomic mass is 10.2. The van der Waals surface area contributed by atoms with E-state index in [-0.39, 0.29) is 11.3 Å². The van der Waals surface area contributed by atoms with E-state index >= 15 is 0 Å². The van der Waals surface area contributed by atoms with Crippen LogP contribution in [0, 0.1) is 0 Å². The molecular formula is C21H17F3N2OS. The second-order valence-corrected chi connectivity index (χ2v) is 7.64. The molecule has 0 spiro atoms. The number of hydrogen-bond acceptors (Lipinski definition) is 2. The van der Waals surface area contributed by atoms with Crippen molar-refractivity contribution in [2.45, 2.75) is 18.1 Å². The van der Waals surface area contributed by atoms with Crippen molar-refractivity contribution < 1.29 is 18.0 Å². The van der Waals surface area contributed by atoms with Gasteiger partial charge in [-0.05, 0) is 35.9 Å². The Hall–Kier alpha value is -2.67. The lowest BCUT2D eigenvalue weighted by Gasteiger charge is -2.23. The Morgan fingerprint density at radius 2 is 1.71 bits per heavy atom. The number of benzene rings is 2. The maximum absolute atomic E-state index is 12.7. The topological polar surface area (TPSA) is 25.2 Å². The number of aromatic nitrogens is 1. The molecule has 2 aromatic carbocycles. The van der Waals surface area contributed by atoms with Crippen LogP contribution in [0.15, 0.2) is 73.1 Å². The van der Waals surface area contributed by atoms with E-state index in [0.29, 0.717) is 18.0 Å². The van der Waals surface area contributed by atoms with Gasteiger partial charge in [-0.1, -0.05) is 30.3 Å². The normalized spacial score (nSPS) is 17.3. The molecule has 1 aliphatic rings. The summed E-state index contributed by atoms with van der Waals surface area (Å²) in [5.41, 5.74) is 1.98. The molecule has 1 aliphatic heterocycles. The summed E-state index contributed by atoms with van der Waals surface area (Å²) in [5.74, 6) is 0.504. The van der Waals surface area contributed by atoms with Crippen molar-refractivity contribution in [3.8, 4) is 5.69 Å². The number of rotatable bonds is 4. The smallest absolute Gasteiger partial charge is 0.323 e. The van der Waals surface area contributed by atoms with Crippen molar-refractivity contribution in [3.63, 3.8) is 0 Å². The third kappa shape index (κ3) is 3.80. The van der Waals surface area contributed by atoms with Gasteiger partial charge >= 0.3 is 6.18 Å². The van der Waals surface area contributed by atoms with Gasteiger partial charge in [-0.2, -0.15) is 13.2 Å². The van der Waals surface area contributed by atoms with Crippen LogP contribution in [0.2, 0.25) is 0 Å². The molecule has 1 fully saturated rings. The molecule has 0 saturated carbocycles. The van der Waals surface area contributed by atoms with Crippen LogP contribution < -0.4 is 0 Å². The number of alkyl halides is 3. The molecule has 1 amide bonds. The number of carbonyl (C=O) groups excluding carboxylic acids is 1. The van der Waals surface area contributed by atoms with Gasteiger partial charge in [0, 0.05) is 30.2 Å². The highest BCUT2D eigenvalue weighted by atomic mass is 32.2. The fourth-order valence-corrected chi connectivity index (χ4v) is 4.39. The molecular weight excluding hydrogens is 385 g/mol. The molecule has 1 unspecified atom stereocenters. The van der Waals surface area contributed by atoms with E-state index in [9.17, 15) is 18.0 Å². The Kier molecular flexibility index (Phi) is 4.93. The lowest BCUT2D eigenvalue weighted by molar-refractivity contribution is -0.137. The lowest BCUT2D eigenvalue weighted by Crippen LogP contribution is -2.27. The van der Waals surface area contributed by atoms with Gasteiger partial charge in [-0.25, -0.2) is 0 Å². The van der Waals surface area contributed by atoms with Gasteiger partial charge in [0.15, 0.2) is 0 Å². The molecule has 144 valence electrons. The molecule has 1 saturated heterocycles. The summed E-state index contributed by atoms with van der Waals surface area (Å²) in [6, 6.07) is 16.7. The quantitative estimate of drug-likeness (QED) is 0.594. The summed E-state index contributed by atoms with van der Waals surface area (Å²) in [6.07, 6.45) is -0.669. The zero-order valence-electron chi connectivity index (χ0n) is 14.8. The van der Waals surface area contributed by atoms with E-state index < -0.39 is 11.7 Å². The molecule has 1 atom stereocenters. The molecule has 1 aromatic heterocycles. The SMILES string of the molecule is O=C1CSC(c2ccn(-c3ccc(C(F)(F)F)cc3)c2)N1Cc1ccccc1. The molecule has 0 aliphatic carbocycles. The molecule has 0 N–H and O–H groups in total. The third-order valence-electron chi connectivity index (χ3n) is 4.66. The Labute approximate surface area is 164 Å². The van der Waals surface area contributed by atoms with Crippen LogP contribution in [0.3, 0.4) is 0 Å². The van der Waals surface area contributed by atoms with E-state index in [1.54, 1.807) is 16.3 Å². The average molecular weight is 402 g/mol. The fourth-order valence-electron chi connectivity index (χ4n) is 3.22. The second-order valence-electron chi connectivity index (χ2n) is 6.57. The van der Waals surface area contributed by atoms with Crippen LogP contribution in [0.5, 0.6) is 0 Å². The van der Waals surface area contributed by atoms with Crippen LogP contribution >= 0.6 is 11.8 Å². The highest BCUT2D eigenvalue weighted by Gasteiger charge is 2.33. The van der Waals surface area contributed by atoms with Gasteiger partial charge in [0.2, 0.25) is 5.91 Å². The fraction of sp³-hybridized carbons (Fsp3) is 0.190. The molecule has 7 heteroatoms. The molecule has 0 bridgehead atoms. The number of nitrogens with zero attached hydrogens (tertiary/aromatic N) is 2. The van der Waals surface area contributed by atoms with Crippen molar-refractivity contribution in [2.24, 2.45) is 0 Å². The molecule has 3 aromatic rings. The zero-order chi connectivity index (χ0) is 19.7. The van der Waals surface area contributed by atoms with E-state index in [4.69, 9.17) is 0 Å². The van der Waals surface area contributed by atoms with Crippen molar-refractivity contribution in [3.05, 3.63) is 89.7 Å². The highest BCUT2D eigenvalue weighted by molar-refractivity contribution is 8.00. The molecule has 4 rings (SSSR count). The maximum Gasteiger partial charge on any atom is 0.416 e. The van der Waals surface area contributed by atoms with Crippen LogP contribution in [0.4, 0.5) is 13.2 Å². The summed E-state index contributed by atoms with van der Waals surface area (Å²) in [5, 5.41) is -0.108. The number of carbonyl (C=O) groups is 1. The first-order valence-electron chi connectivity index (χ1n) is 8.72. The summed E-state index contributed by atoms with van der Waals surface area (Å²) >= 11 is 1.56. The maximum atomic E-state index is 12.7. The van der Waals surface area contributed by atoms with Crippen LogP contribution in [0.1, 0.15) is 22.1 Å². The Morgan fingerprint density at radius 1 is 1.00 bits per heavy atom. The van der Waals surface area contributed by atoms with E-state index in [0.717, 1.165) is 23.3 Å². The minimum absolute atomic E-state index is 0.0844. The summed E-state index contributed by atoms with van der Waals surface area (Å²) in [4.78, 5) is 14.2. The van der Waals surface area contributed by atoms with Crippen molar-refractivity contribution >= 4 is 17.7 Å². The van der Waals surface area contributed by atoms with Crippen molar-refractivity contribution in [2.75, 3.05) is 5.75 Å². The molecule has 3 nitrogen and oxygen atoms in total. The zero-order valence-corrected chi connectivity index (χ0v) is 15.6. The van der Waals surface area contributed by atoms with Crippen LogP contribution in [-0.4, -0.2) is 21.1 Å². The molecule has 28 heavy (non-hydrogen) atoms. The van der Waals surface area contributed by atoms with E-state index in [1.165, 1.54) is 12.1 Å². The standard InChI is InChI=1S/C21H17F3N2OS/c22-21(23,24)17-6-8-18(9-7-17)25-11-10-16(13-25)20-26(19(27)14-28-20)12-15-4-2-1-3-5-15/h1-11,13,20H,12,14H2. The molecule has 0 radical (unpaired) electrons. The first-order valence-corrected chi connectivity index (χ1v) is 9.77.